The molecule has 0 aliphatic heterocycles. The first-order chi connectivity index (χ1) is 8.29. The van der Waals surface area contributed by atoms with Gasteiger partial charge >= 0.3 is 0 Å². The van der Waals surface area contributed by atoms with E-state index in [2.05, 4.69) is 25.8 Å². The topological polar surface area (TPSA) is 64.0 Å². The van der Waals surface area contributed by atoms with Crippen LogP contribution in [0.5, 0.6) is 0 Å². The van der Waals surface area contributed by atoms with E-state index in [1.165, 1.54) is 0 Å². The molecule has 1 N–H and O–H groups in total. The zero-order valence-electron chi connectivity index (χ0n) is 11.2. The Morgan fingerprint density at radius 2 is 2.06 bits per heavy atom. The summed E-state index contributed by atoms with van der Waals surface area (Å²) in [7, 11) is -1.73. The van der Waals surface area contributed by atoms with Gasteiger partial charge in [0.15, 0.2) is 0 Å². The monoisotopic (exact) mass is 337 g/mol. The molecule has 1 aromatic heterocycles. The van der Waals surface area contributed by atoms with E-state index in [1.807, 2.05) is 6.92 Å². The summed E-state index contributed by atoms with van der Waals surface area (Å²) in [6.07, 6.45) is 1.75. The van der Waals surface area contributed by atoms with Crippen LogP contribution >= 0.6 is 15.9 Å². The first-order valence-electron chi connectivity index (χ1n) is 5.88. The summed E-state index contributed by atoms with van der Waals surface area (Å²) < 4.78 is 28.9. The molecule has 0 spiro atoms. The number of nitrogens with one attached hydrogen (secondary N) is 1. The first kappa shape index (κ1) is 15.7. The molecule has 0 fully saturated rings. The Hall–Kier alpha value is -0.400. The molecule has 0 saturated heterocycles. The molecule has 0 bridgehead atoms. The van der Waals surface area contributed by atoms with Crippen molar-refractivity contribution in [2.45, 2.75) is 44.6 Å². The second-order valence-corrected chi connectivity index (χ2v) is 6.92. The van der Waals surface area contributed by atoms with Crippen LogP contribution in [0.4, 0.5) is 0 Å². The lowest BCUT2D eigenvalue weighted by Gasteiger charge is -2.13. The van der Waals surface area contributed by atoms with Crippen LogP contribution in [0.2, 0.25) is 0 Å². The third-order valence-corrected chi connectivity index (χ3v) is 5.24. The fraction of sp³-hybridized carbons (Fsp3) is 0.727. The highest BCUT2D eigenvalue weighted by molar-refractivity contribution is 9.09. The number of hydrogen-bond donors (Lipinski definition) is 1. The van der Waals surface area contributed by atoms with Gasteiger partial charge in [-0.05, 0) is 33.6 Å². The van der Waals surface area contributed by atoms with E-state index in [0.717, 1.165) is 18.2 Å². The highest BCUT2D eigenvalue weighted by Gasteiger charge is 2.24. The van der Waals surface area contributed by atoms with Crippen molar-refractivity contribution in [3.63, 3.8) is 0 Å². The Labute approximate surface area is 117 Å². The predicted octanol–water partition coefficient (Wildman–Crippen LogP) is 1.88. The highest BCUT2D eigenvalue weighted by atomic mass is 79.9. The molecule has 0 aromatic carbocycles. The molecule has 1 unspecified atom stereocenters. The molecule has 1 atom stereocenters. The number of alkyl halides is 1. The van der Waals surface area contributed by atoms with Crippen LogP contribution in [0.3, 0.4) is 0 Å². The van der Waals surface area contributed by atoms with Gasteiger partial charge < -0.3 is 0 Å². The molecule has 0 aliphatic carbocycles. The zero-order chi connectivity index (χ0) is 13.9. The quantitative estimate of drug-likeness (QED) is 0.806. The Bertz CT molecular complexity index is 511. The first-order valence-corrected chi connectivity index (χ1v) is 8.48. The van der Waals surface area contributed by atoms with E-state index in [4.69, 9.17) is 0 Å². The summed E-state index contributed by atoms with van der Waals surface area (Å²) in [5.41, 5.74) is 1.20. The van der Waals surface area contributed by atoms with Gasteiger partial charge in [-0.3, -0.25) is 4.68 Å². The summed E-state index contributed by atoms with van der Waals surface area (Å²) in [6.45, 7) is 5.35. The molecular formula is C11H20BrN3O2S. The van der Waals surface area contributed by atoms with Gasteiger partial charge in [0.25, 0.3) is 0 Å². The molecule has 0 aliphatic rings. The van der Waals surface area contributed by atoms with Crippen LogP contribution in [-0.2, 0) is 17.1 Å². The van der Waals surface area contributed by atoms with Gasteiger partial charge in [0.1, 0.15) is 4.90 Å². The van der Waals surface area contributed by atoms with E-state index in [-0.39, 0.29) is 6.04 Å². The van der Waals surface area contributed by atoms with Crippen molar-refractivity contribution >= 4 is 26.0 Å². The zero-order valence-corrected chi connectivity index (χ0v) is 13.6. The maximum atomic E-state index is 12.3. The lowest BCUT2D eigenvalue weighted by molar-refractivity contribution is 0.544. The Morgan fingerprint density at radius 3 is 2.50 bits per heavy atom. The van der Waals surface area contributed by atoms with E-state index in [0.29, 0.717) is 16.3 Å². The molecule has 0 amide bonds. The third kappa shape index (κ3) is 3.55. The van der Waals surface area contributed by atoms with E-state index < -0.39 is 10.0 Å². The van der Waals surface area contributed by atoms with Crippen molar-refractivity contribution in [2.24, 2.45) is 7.05 Å². The van der Waals surface area contributed by atoms with Crippen LogP contribution in [0.1, 0.15) is 31.2 Å². The average Bonchev–Trinajstić information content (AvgIpc) is 2.49. The summed E-state index contributed by atoms with van der Waals surface area (Å²) >= 11 is 3.34. The summed E-state index contributed by atoms with van der Waals surface area (Å²) in [6, 6.07) is -0.0773. The second kappa shape index (κ2) is 6.16. The smallest absolute Gasteiger partial charge is 0.244 e. The molecule has 0 saturated carbocycles. The van der Waals surface area contributed by atoms with Crippen molar-refractivity contribution in [1.82, 2.24) is 14.5 Å². The van der Waals surface area contributed by atoms with Gasteiger partial charge in [0, 0.05) is 18.4 Å². The maximum absolute atomic E-state index is 12.3. The number of halogens is 1. The standard InChI is InChI=1S/C11H20BrN3O2S/c1-8(6-5-7-12)14-18(16,17)11-9(2)13-15(4)10(11)3/h8,14H,5-7H2,1-4H3. The molecule has 18 heavy (non-hydrogen) atoms. The van der Waals surface area contributed by atoms with Gasteiger partial charge in [0.05, 0.1) is 11.4 Å². The van der Waals surface area contributed by atoms with Crippen LogP contribution < -0.4 is 4.72 Å². The number of rotatable bonds is 6. The molecule has 1 rings (SSSR count). The second-order valence-electron chi connectivity index (χ2n) is 4.48. The Balaban J connectivity index is 2.93. The fourth-order valence-corrected chi connectivity index (χ4v) is 3.95. The van der Waals surface area contributed by atoms with Crippen LogP contribution in [0.25, 0.3) is 0 Å². The number of nitrogens with zero attached hydrogens (tertiary/aromatic N) is 2. The minimum atomic E-state index is -3.48. The minimum Gasteiger partial charge on any atom is -0.271 e. The molecule has 5 nitrogen and oxygen atoms in total. The molecule has 1 aromatic rings. The van der Waals surface area contributed by atoms with Gasteiger partial charge in [-0.15, -0.1) is 0 Å². The fourth-order valence-electron chi connectivity index (χ4n) is 1.91. The molecule has 104 valence electrons. The van der Waals surface area contributed by atoms with Crippen molar-refractivity contribution < 1.29 is 8.42 Å². The van der Waals surface area contributed by atoms with E-state index in [9.17, 15) is 8.42 Å². The van der Waals surface area contributed by atoms with E-state index in [1.54, 1.807) is 25.6 Å². The normalized spacial score (nSPS) is 13.8. The highest BCUT2D eigenvalue weighted by Crippen LogP contribution is 2.19. The van der Waals surface area contributed by atoms with Crippen molar-refractivity contribution in [2.75, 3.05) is 5.33 Å². The molecule has 7 heteroatoms. The van der Waals surface area contributed by atoms with Gasteiger partial charge in [-0.2, -0.15) is 5.10 Å². The summed E-state index contributed by atoms with van der Waals surface area (Å²) in [5.74, 6) is 0. The van der Waals surface area contributed by atoms with E-state index >= 15 is 0 Å². The average molecular weight is 338 g/mol. The molecule has 0 radical (unpaired) electrons. The van der Waals surface area contributed by atoms with Crippen LogP contribution in [-0.4, -0.2) is 29.6 Å². The maximum Gasteiger partial charge on any atom is 0.244 e. The van der Waals surface area contributed by atoms with Crippen molar-refractivity contribution in [1.29, 1.82) is 0 Å². The summed E-state index contributed by atoms with van der Waals surface area (Å²) in [5, 5.41) is 5.02. The Kier molecular flexibility index (Phi) is 5.36. The molecule has 1 heterocycles. The number of aromatic nitrogens is 2. The largest absolute Gasteiger partial charge is 0.271 e. The predicted molar refractivity (Wildman–Crippen MR) is 75.5 cm³/mol. The van der Waals surface area contributed by atoms with Gasteiger partial charge in [-0.1, -0.05) is 15.9 Å². The third-order valence-electron chi connectivity index (χ3n) is 2.84. The lowest BCUT2D eigenvalue weighted by Crippen LogP contribution is -2.33. The van der Waals surface area contributed by atoms with Crippen LogP contribution in [0.15, 0.2) is 4.90 Å². The van der Waals surface area contributed by atoms with Gasteiger partial charge in [-0.25, -0.2) is 13.1 Å². The summed E-state index contributed by atoms with van der Waals surface area (Å²) in [4.78, 5) is 0.302. The number of aryl methyl sites for hydroxylation is 2. The Morgan fingerprint density at radius 1 is 1.44 bits per heavy atom. The minimum absolute atomic E-state index is 0.0773. The SMILES string of the molecule is Cc1nn(C)c(C)c1S(=O)(=O)NC(C)CCCBr. The van der Waals surface area contributed by atoms with Gasteiger partial charge in [0.2, 0.25) is 10.0 Å². The molecular weight excluding hydrogens is 318 g/mol. The number of hydrogen-bond acceptors (Lipinski definition) is 3. The van der Waals surface area contributed by atoms with Crippen molar-refractivity contribution in [3.8, 4) is 0 Å². The van der Waals surface area contributed by atoms with Crippen LogP contribution in [0, 0.1) is 13.8 Å². The lowest BCUT2D eigenvalue weighted by atomic mass is 10.2. The number of sulfonamides is 1. The van der Waals surface area contributed by atoms with Crippen molar-refractivity contribution in [3.05, 3.63) is 11.4 Å².